The second-order valence-electron chi connectivity index (χ2n) is 4.00. The van der Waals surface area contributed by atoms with E-state index in [-0.39, 0.29) is 15.5 Å². The van der Waals surface area contributed by atoms with E-state index in [0.717, 1.165) is 11.0 Å². The first-order chi connectivity index (χ1) is 8.65. The van der Waals surface area contributed by atoms with Gasteiger partial charge in [0.1, 0.15) is 5.75 Å². The molecular formula is C11H12ClNO5S. The number of hydrogen-bond acceptors (Lipinski definition) is 4. The van der Waals surface area contributed by atoms with Gasteiger partial charge in [-0.05, 0) is 18.2 Å². The van der Waals surface area contributed by atoms with Gasteiger partial charge in [-0.25, -0.2) is 13.2 Å². The zero-order valence-electron chi connectivity index (χ0n) is 10.3. The topological polar surface area (TPSA) is 91.8 Å². The van der Waals surface area contributed by atoms with Crippen molar-refractivity contribution in [3.63, 3.8) is 0 Å². The number of carboxylic acids is 1. The van der Waals surface area contributed by atoms with Crippen LogP contribution in [0.1, 0.15) is 10.4 Å². The Morgan fingerprint density at radius 1 is 1.32 bits per heavy atom. The van der Waals surface area contributed by atoms with Crippen LogP contribution in [0.2, 0.25) is 5.02 Å². The molecule has 1 aromatic rings. The van der Waals surface area contributed by atoms with Gasteiger partial charge in [0.15, 0.2) is 9.84 Å². The van der Waals surface area contributed by atoms with Gasteiger partial charge in [-0.15, -0.1) is 0 Å². The molecule has 0 atom stereocenters. The fraction of sp³-hybridized carbons (Fsp3) is 0.273. The number of sulfone groups is 1. The summed E-state index contributed by atoms with van der Waals surface area (Å²) >= 11 is 5.75. The highest BCUT2D eigenvalue weighted by Gasteiger charge is 2.24. The molecule has 0 aliphatic rings. The van der Waals surface area contributed by atoms with Gasteiger partial charge < -0.3 is 10.0 Å². The molecule has 1 amide bonds. The van der Waals surface area contributed by atoms with Crippen molar-refractivity contribution in [1.82, 2.24) is 4.90 Å². The molecular weight excluding hydrogens is 294 g/mol. The van der Waals surface area contributed by atoms with Gasteiger partial charge in [0.2, 0.25) is 5.91 Å². The van der Waals surface area contributed by atoms with E-state index in [9.17, 15) is 18.0 Å². The Kier molecular flexibility index (Phi) is 4.54. The minimum absolute atomic E-state index is 0.114. The van der Waals surface area contributed by atoms with Crippen molar-refractivity contribution in [3.8, 4) is 0 Å². The van der Waals surface area contributed by atoms with E-state index >= 15 is 0 Å². The predicted octanol–water partition coefficient (Wildman–Crippen LogP) is 0.900. The molecule has 8 heteroatoms. The molecule has 0 aliphatic heterocycles. The predicted molar refractivity (Wildman–Crippen MR) is 69.2 cm³/mol. The van der Waals surface area contributed by atoms with Crippen molar-refractivity contribution < 1.29 is 23.1 Å². The maximum absolute atomic E-state index is 12.0. The average molecular weight is 306 g/mol. The Morgan fingerprint density at radius 3 is 2.37 bits per heavy atom. The van der Waals surface area contributed by atoms with Crippen LogP contribution >= 0.6 is 11.6 Å². The highest BCUT2D eigenvalue weighted by Crippen LogP contribution is 2.24. The van der Waals surface area contributed by atoms with Crippen molar-refractivity contribution in [2.45, 2.75) is 4.90 Å². The number of aromatic carboxylic acids is 1. The fourth-order valence-corrected chi connectivity index (χ4v) is 3.12. The van der Waals surface area contributed by atoms with Gasteiger partial charge in [0.05, 0.1) is 15.5 Å². The molecule has 0 bridgehead atoms. The SMILES string of the molecule is CN(C)C(=O)CS(=O)(=O)c1cc(C(=O)O)ccc1Cl. The van der Waals surface area contributed by atoms with Gasteiger partial charge >= 0.3 is 5.97 Å². The number of nitrogens with zero attached hydrogens (tertiary/aromatic N) is 1. The summed E-state index contributed by atoms with van der Waals surface area (Å²) in [6, 6.07) is 3.32. The molecule has 0 radical (unpaired) electrons. The van der Waals surface area contributed by atoms with Crippen LogP contribution in [0.3, 0.4) is 0 Å². The summed E-state index contributed by atoms with van der Waals surface area (Å²) in [5, 5.41) is 8.71. The van der Waals surface area contributed by atoms with E-state index in [2.05, 4.69) is 0 Å². The lowest BCUT2D eigenvalue weighted by atomic mass is 10.2. The third-order valence-electron chi connectivity index (χ3n) is 2.33. The zero-order chi connectivity index (χ0) is 14.8. The summed E-state index contributed by atoms with van der Waals surface area (Å²) in [5.74, 6) is -2.65. The van der Waals surface area contributed by atoms with Gasteiger partial charge in [0, 0.05) is 14.1 Å². The Labute approximate surface area is 115 Å². The van der Waals surface area contributed by atoms with E-state index in [1.54, 1.807) is 0 Å². The number of rotatable bonds is 4. The van der Waals surface area contributed by atoms with Gasteiger partial charge in [-0.2, -0.15) is 0 Å². The summed E-state index contributed by atoms with van der Waals surface area (Å²) in [7, 11) is -1.13. The maximum atomic E-state index is 12.0. The summed E-state index contributed by atoms with van der Waals surface area (Å²) in [6.07, 6.45) is 0. The second kappa shape index (κ2) is 5.58. The van der Waals surface area contributed by atoms with E-state index in [4.69, 9.17) is 16.7 Å². The van der Waals surface area contributed by atoms with E-state index in [0.29, 0.717) is 0 Å². The van der Waals surface area contributed by atoms with Crippen molar-refractivity contribution in [2.75, 3.05) is 19.8 Å². The highest BCUT2D eigenvalue weighted by molar-refractivity contribution is 7.92. The molecule has 1 rings (SSSR count). The Balaban J connectivity index is 3.24. The van der Waals surface area contributed by atoms with Gasteiger partial charge in [0.25, 0.3) is 0 Å². The quantitative estimate of drug-likeness (QED) is 0.892. The van der Waals surface area contributed by atoms with Crippen molar-refractivity contribution in [2.24, 2.45) is 0 Å². The second-order valence-corrected chi connectivity index (χ2v) is 6.36. The Morgan fingerprint density at radius 2 is 1.89 bits per heavy atom. The molecule has 0 aromatic heterocycles. The third-order valence-corrected chi connectivity index (χ3v) is 4.40. The Hall–Kier alpha value is -1.60. The number of carbonyl (C=O) groups excluding carboxylic acids is 1. The summed E-state index contributed by atoms with van der Waals surface area (Å²) in [6.45, 7) is 0. The normalized spacial score (nSPS) is 11.1. The standard InChI is InChI=1S/C11H12ClNO5S/c1-13(2)10(14)6-19(17,18)9-5-7(11(15)16)3-4-8(9)12/h3-5H,6H2,1-2H3,(H,15,16). The summed E-state index contributed by atoms with van der Waals surface area (Å²) in [4.78, 5) is 23.0. The van der Waals surface area contributed by atoms with Gasteiger partial charge in [-0.1, -0.05) is 11.6 Å². The van der Waals surface area contributed by atoms with Crippen LogP contribution in [0.25, 0.3) is 0 Å². The number of carbonyl (C=O) groups is 2. The first-order valence-electron chi connectivity index (χ1n) is 5.11. The average Bonchev–Trinajstić information content (AvgIpc) is 2.28. The molecule has 1 aromatic carbocycles. The monoisotopic (exact) mass is 305 g/mol. The minimum atomic E-state index is -3.98. The fourth-order valence-electron chi connectivity index (χ4n) is 1.24. The van der Waals surface area contributed by atoms with Crippen LogP contribution in [-0.2, 0) is 14.6 Å². The largest absolute Gasteiger partial charge is 0.478 e. The van der Waals surface area contributed by atoms with E-state index in [1.165, 1.54) is 26.2 Å². The van der Waals surface area contributed by atoms with Crippen molar-refractivity contribution in [3.05, 3.63) is 28.8 Å². The zero-order valence-corrected chi connectivity index (χ0v) is 11.8. The van der Waals surface area contributed by atoms with Crippen LogP contribution in [-0.4, -0.2) is 50.1 Å². The van der Waals surface area contributed by atoms with Crippen LogP contribution < -0.4 is 0 Å². The van der Waals surface area contributed by atoms with Crippen LogP contribution in [0.15, 0.2) is 23.1 Å². The molecule has 6 nitrogen and oxygen atoms in total. The van der Waals surface area contributed by atoms with Crippen molar-refractivity contribution >= 4 is 33.3 Å². The molecule has 0 unspecified atom stereocenters. The Bertz CT molecular complexity index is 624. The van der Waals surface area contributed by atoms with Crippen molar-refractivity contribution in [1.29, 1.82) is 0 Å². The molecule has 0 saturated heterocycles. The first kappa shape index (κ1) is 15.5. The smallest absolute Gasteiger partial charge is 0.335 e. The number of benzene rings is 1. The van der Waals surface area contributed by atoms with Crippen LogP contribution in [0.4, 0.5) is 0 Å². The van der Waals surface area contributed by atoms with Crippen LogP contribution in [0.5, 0.6) is 0 Å². The summed E-state index contributed by atoms with van der Waals surface area (Å²) in [5.41, 5.74) is -0.208. The number of hydrogen-bond donors (Lipinski definition) is 1. The molecule has 104 valence electrons. The molecule has 1 N–H and O–H groups in total. The lowest BCUT2D eigenvalue weighted by Gasteiger charge is -2.11. The molecule has 0 aliphatic carbocycles. The molecule has 0 spiro atoms. The minimum Gasteiger partial charge on any atom is -0.478 e. The lowest BCUT2D eigenvalue weighted by molar-refractivity contribution is -0.125. The molecule has 19 heavy (non-hydrogen) atoms. The van der Waals surface area contributed by atoms with Gasteiger partial charge in [-0.3, -0.25) is 4.79 Å². The maximum Gasteiger partial charge on any atom is 0.335 e. The molecule has 0 heterocycles. The lowest BCUT2D eigenvalue weighted by Crippen LogP contribution is -2.29. The first-order valence-corrected chi connectivity index (χ1v) is 7.14. The van der Waals surface area contributed by atoms with E-state index in [1.807, 2.05) is 0 Å². The molecule has 0 fully saturated rings. The third kappa shape index (κ3) is 3.68. The summed E-state index contributed by atoms with van der Waals surface area (Å²) < 4.78 is 24.0. The number of carboxylic acid groups (broad SMARTS) is 1. The van der Waals surface area contributed by atoms with E-state index < -0.39 is 27.5 Å². The highest BCUT2D eigenvalue weighted by atomic mass is 35.5. The number of amides is 1. The molecule has 0 saturated carbocycles. The van der Waals surface area contributed by atoms with Crippen LogP contribution in [0, 0.1) is 0 Å². The number of halogens is 1.